The molecule has 0 bridgehead atoms. The lowest BCUT2D eigenvalue weighted by molar-refractivity contribution is -0.164. The molecule has 0 aliphatic heterocycles. The molecule has 13 heavy (non-hydrogen) atoms. The Kier molecular flexibility index (Phi) is 6.59. The van der Waals surface area contributed by atoms with E-state index in [0.717, 1.165) is 19.1 Å². The third-order valence-corrected chi connectivity index (χ3v) is 1.21. The fourth-order valence-electron chi connectivity index (χ4n) is 0.546. The second-order valence-corrected chi connectivity index (χ2v) is 2.36. The van der Waals surface area contributed by atoms with E-state index in [1.807, 2.05) is 6.92 Å². The molecule has 0 amide bonds. The number of esters is 2. The van der Waals surface area contributed by atoms with Gasteiger partial charge < -0.3 is 9.47 Å². The molecule has 0 saturated carbocycles. The first kappa shape index (κ1) is 11.7. The Morgan fingerprint density at radius 3 is 2.54 bits per heavy atom. The molecule has 0 rings (SSSR count). The van der Waals surface area contributed by atoms with Gasteiger partial charge in [0.05, 0.1) is 12.9 Å². The predicted octanol–water partition coefficient (Wildman–Crippen LogP) is 1.41. The Hall–Kier alpha value is -1.32. The Morgan fingerprint density at radius 1 is 1.31 bits per heavy atom. The predicted molar refractivity (Wildman–Crippen MR) is 46.8 cm³/mol. The number of allylic oxidation sites excluding steroid dienone is 1. The first-order valence-electron chi connectivity index (χ1n) is 4.21. The van der Waals surface area contributed by atoms with E-state index in [0.29, 0.717) is 0 Å². The van der Waals surface area contributed by atoms with Crippen LogP contribution >= 0.6 is 0 Å². The van der Waals surface area contributed by atoms with Crippen molar-refractivity contribution in [3.63, 3.8) is 0 Å². The summed E-state index contributed by atoms with van der Waals surface area (Å²) in [6, 6.07) is 0. The third kappa shape index (κ3) is 5.90. The van der Waals surface area contributed by atoms with Crippen LogP contribution in [0.5, 0.6) is 0 Å². The molecule has 0 unspecified atom stereocenters. The summed E-state index contributed by atoms with van der Waals surface area (Å²) in [5, 5.41) is 0. The number of carbonyl (C=O) groups is 2. The first-order chi connectivity index (χ1) is 6.22. The average Bonchev–Trinajstić information content (AvgIpc) is 2.14. The number of hydrogen-bond donors (Lipinski definition) is 0. The van der Waals surface area contributed by atoms with E-state index in [-0.39, 0.29) is 6.61 Å². The first-order valence-corrected chi connectivity index (χ1v) is 4.21. The minimum atomic E-state index is -0.978. The van der Waals surface area contributed by atoms with Crippen molar-refractivity contribution in [3.05, 3.63) is 12.3 Å². The van der Waals surface area contributed by atoms with E-state index in [9.17, 15) is 9.59 Å². The maximum absolute atomic E-state index is 10.8. The SMILES string of the molecule is CC=COC(=O)C(=O)OCCCC. The van der Waals surface area contributed by atoms with Crippen molar-refractivity contribution in [1.29, 1.82) is 0 Å². The van der Waals surface area contributed by atoms with Crippen LogP contribution in [0.2, 0.25) is 0 Å². The zero-order valence-electron chi connectivity index (χ0n) is 7.91. The van der Waals surface area contributed by atoms with Crippen molar-refractivity contribution in [3.8, 4) is 0 Å². The van der Waals surface area contributed by atoms with Crippen molar-refractivity contribution in [2.24, 2.45) is 0 Å². The zero-order valence-corrected chi connectivity index (χ0v) is 7.91. The zero-order chi connectivity index (χ0) is 10.1. The number of hydrogen-bond acceptors (Lipinski definition) is 4. The molecule has 0 saturated heterocycles. The van der Waals surface area contributed by atoms with E-state index >= 15 is 0 Å². The molecule has 0 N–H and O–H groups in total. The molecule has 4 heteroatoms. The van der Waals surface area contributed by atoms with Crippen molar-refractivity contribution < 1.29 is 19.1 Å². The summed E-state index contributed by atoms with van der Waals surface area (Å²) in [5.41, 5.74) is 0. The molecule has 0 heterocycles. The van der Waals surface area contributed by atoms with Crippen LogP contribution in [0.1, 0.15) is 26.7 Å². The maximum Gasteiger partial charge on any atom is 0.422 e. The summed E-state index contributed by atoms with van der Waals surface area (Å²) in [4.78, 5) is 21.5. The minimum Gasteiger partial charge on any atom is -0.457 e. The van der Waals surface area contributed by atoms with Gasteiger partial charge in [0.2, 0.25) is 0 Å². The van der Waals surface area contributed by atoms with Crippen LogP contribution in [0.15, 0.2) is 12.3 Å². The van der Waals surface area contributed by atoms with Crippen LogP contribution in [-0.2, 0) is 19.1 Å². The molecule has 0 aromatic heterocycles. The van der Waals surface area contributed by atoms with E-state index in [2.05, 4.69) is 9.47 Å². The standard InChI is InChI=1S/C9H14O4/c1-3-5-7-13-9(11)8(10)12-6-4-2/h4,6H,3,5,7H2,1-2H3. The second-order valence-electron chi connectivity index (χ2n) is 2.36. The molecule has 4 nitrogen and oxygen atoms in total. The van der Waals surface area contributed by atoms with Crippen LogP contribution < -0.4 is 0 Å². The quantitative estimate of drug-likeness (QED) is 0.288. The van der Waals surface area contributed by atoms with Crippen molar-refractivity contribution in [1.82, 2.24) is 0 Å². The fraction of sp³-hybridized carbons (Fsp3) is 0.556. The normalized spacial score (nSPS) is 10.0. The Balaban J connectivity index is 3.63. The number of rotatable bonds is 4. The fourth-order valence-corrected chi connectivity index (χ4v) is 0.546. The highest BCUT2D eigenvalue weighted by Gasteiger charge is 2.15. The lowest BCUT2D eigenvalue weighted by Gasteiger charge is -2.00. The van der Waals surface area contributed by atoms with Crippen molar-refractivity contribution in [2.75, 3.05) is 6.61 Å². The van der Waals surface area contributed by atoms with Crippen molar-refractivity contribution >= 4 is 11.9 Å². The van der Waals surface area contributed by atoms with Gasteiger partial charge in [-0.05, 0) is 13.3 Å². The molecule has 74 valence electrons. The molecular formula is C9H14O4. The summed E-state index contributed by atoms with van der Waals surface area (Å²) in [7, 11) is 0. The van der Waals surface area contributed by atoms with E-state index in [1.165, 1.54) is 6.08 Å². The van der Waals surface area contributed by atoms with Gasteiger partial charge >= 0.3 is 11.9 Å². The van der Waals surface area contributed by atoms with Gasteiger partial charge in [-0.1, -0.05) is 19.4 Å². The molecule has 0 fully saturated rings. The van der Waals surface area contributed by atoms with Gasteiger partial charge in [0.15, 0.2) is 0 Å². The summed E-state index contributed by atoms with van der Waals surface area (Å²) in [6.45, 7) is 3.90. The van der Waals surface area contributed by atoms with Crippen LogP contribution in [0.3, 0.4) is 0 Å². The maximum atomic E-state index is 10.8. The molecule has 0 aliphatic carbocycles. The van der Waals surface area contributed by atoms with Gasteiger partial charge in [-0.2, -0.15) is 0 Å². The number of unbranched alkanes of at least 4 members (excludes halogenated alkanes) is 1. The molecule has 0 radical (unpaired) electrons. The van der Waals surface area contributed by atoms with Gasteiger partial charge in [-0.3, -0.25) is 0 Å². The average molecular weight is 186 g/mol. The van der Waals surface area contributed by atoms with Gasteiger partial charge in [0, 0.05) is 0 Å². The van der Waals surface area contributed by atoms with E-state index < -0.39 is 11.9 Å². The second kappa shape index (κ2) is 7.34. The van der Waals surface area contributed by atoms with Gasteiger partial charge in [0.1, 0.15) is 0 Å². The summed E-state index contributed by atoms with van der Waals surface area (Å²) in [5.74, 6) is -1.92. The summed E-state index contributed by atoms with van der Waals surface area (Å²) < 4.78 is 8.98. The Labute approximate surface area is 77.5 Å². The van der Waals surface area contributed by atoms with Crippen LogP contribution in [-0.4, -0.2) is 18.5 Å². The van der Waals surface area contributed by atoms with Crippen LogP contribution in [0.25, 0.3) is 0 Å². The lowest BCUT2D eigenvalue weighted by Crippen LogP contribution is -2.18. The van der Waals surface area contributed by atoms with Gasteiger partial charge in [-0.15, -0.1) is 0 Å². The monoisotopic (exact) mass is 186 g/mol. The minimum absolute atomic E-state index is 0.264. The molecule has 0 atom stereocenters. The van der Waals surface area contributed by atoms with Crippen molar-refractivity contribution in [2.45, 2.75) is 26.7 Å². The highest BCUT2D eigenvalue weighted by atomic mass is 16.6. The smallest absolute Gasteiger partial charge is 0.422 e. The Bertz CT molecular complexity index is 196. The van der Waals surface area contributed by atoms with E-state index in [4.69, 9.17) is 0 Å². The number of ether oxygens (including phenoxy) is 2. The largest absolute Gasteiger partial charge is 0.457 e. The molecular weight excluding hydrogens is 172 g/mol. The lowest BCUT2D eigenvalue weighted by atomic mass is 10.4. The molecule has 0 spiro atoms. The number of carbonyl (C=O) groups excluding carboxylic acids is 2. The van der Waals surface area contributed by atoms with Gasteiger partial charge in [-0.25, -0.2) is 9.59 Å². The highest BCUT2D eigenvalue weighted by molar-refractivity contribution is 6.29. The van der Waals surface area contributed by atoms with Gasteiger partial charge in [0.25, 0.3) is 0 Å². The van der Waals surface area contributed by atoms with Crippen LogP contribution in [0.4, 0.5) is 0 Å². The topological polar surface area (TPSA) is 52.6 Å². The van der Waals surface area contributed by atoms with E-state index in [1.54, 1.807) is 6.92 Å². The molecule has 0 aromatic carbocycles. The Morgan fingerprint density at radius 2 is 2.00 bits per heavy atom. The third-order valence-electron chi connectivity index (χ3n) is 1.21. The highest BCUT2D eigenvalue weighted by Crippen LogP contribution is 1.91. The summed E-state index contributed by atoms with van der Waals surface area (Å²) >= 11 is 0. The molecule has 0 aromatic rings. The van der Waals surface area contributed by atoms with Crippen LogP contribution in [0, 0.1) is 0 Å². The summed E-state index contributed by atoms with van der Waals surface area (Å²) in [6.07, 6.45) is 4.32. The molecule has 0 aliphatic rings.